The van der Waals surface area contributed by atoms with Crippen LogP contribution in [0.15, 0.2) is 35.7 Å². The van der Waals surface area contributed by atoms with Crippen LogP contribution in [-0.2, 0) is 27.3 Å². The lowest BCUT2D eigenvalue weighted by atomic mass is 10.1. The summed E-state index contributed by atoms with van der Waals surface area (Å²) in [6.07, 6.45) is 1.83. The first kappa shape index (κ1) is 25.7. The molecule has 0 unspecified atom stereocenters. The standard InChI is InChI=1S/C24H34N2O5S/c1-5-7-23(27)26(13-14-29-2)18-24(28)25(17-20-8-6-15-32-20)12-11-19-9-10-21(30-3)22(16-19)31-4/h6,8-10,15-16H,5,7,11-14,17-18H2,1-4H3. The van der Waals surface area contributed by atoms with E-state index in [4.69, 9.17) is 14.2 Å². The summed E-state index contributed by atoms with van der Waals surface area (Å²) < 4.78 is 15.8. The number of nitrogens with zero attached hydrogens (tertiary/aromatic N) is 2. The molecule has 0 radical (unpaired) electrons. The van der Waals surface area contributed by atoms with Crippen molar-refractivity contribution in [2.24, 2.45) is 0 Å². The molecule has 0 atom stereocenters. The molecule has 0 saturated carbocycles. The van der Waals surface area contributed by atoms with E-state index >= 15 is 0 Å². The van der Waals surface area contributed by atoms with Gasteiger partial charge in [0.1, 0.15) is 0 Å². The summed E-state index contributed by atoms with van der Waals surface area (Å²) in [7, 11) is 4.81. The molecule has 7 nitrogen and oxygen atoms in total. The molecule has 2 aromatic rings. The third-order valence-corrected chi connectivity index (χ3v) is 5.97. The summed E-state index contributed by atoms with van der Waals surface area (Å²) in [4.78, 5) is 30.3. The van der Waals surface area contributed by atoms with Gasteiger partial charge in [-0.1, -0.05) is 19.1 Å². The van der Waals surface area contributed by atoms with Gasteiger partial charge in [-0.25, -0.2) is 0 Å². The number of amides is 2. The van der Waals surface area contributed by atoms with Gasteiger partial charge in [-0.3, -0.25) is 9.59 Å². The van der Waals surface area contributed by atoms with Crippen molar-refractivity contribution < 1.29 is 23.8 Å². The van der Waals surface area contributed by atoms with Crippen LogP contribution in [0.1, 0.15) is 30.2 Å². The highest BCUT2D eigenvalue weighted by Gasteiger charge is 2.21. The largest absolute Gasteiger partial charge is 0.493 e. The molecular formula is C24H34N2O5S. The Balaban J connectivity index is 2.12. The second-order valence-electron chi connectivity index (χ2n) is 7.39. The van der Waals surface area contributed by atoms with Crippen molar-refractivity contribution in [2.45, 2.75) is 32.7 Å². The number of thiophene rings is 1. The number of rotatable bonds is 14. The van der Waals surface area contributed by atoms with Gasteiger partial charge in [0, 0.05) is 31.5 Å². The van der Waals surface area contributed by atoms with Crippen LogP contribution in [0.4, 0.5) is 0 Å². The Labute approximate surface area is 194 Å². The van der Waals surface area contributed by atoms with Gasteiger partial charge in [-0.15, -0.1) is 11.3 Å². The van der Waals surface area contributed by atoms with Crippen molar-refractivity contribution in [3.8, 4) is 11.5 Å². The van der Waals surface area contributed by atoms with Crippen molar-refractivity contribution >= 4 is 23.2 Å². The van der Waals surface area contributed by atoms with E-state index in [1.165, 1.54) is 0 Å². The second kappa shape index (κ2) is 13.8. The topological polar surface area (TPSA) is 68.3 Å². The summed E-state index contributed by atoms with van der Waals surface area (Å²) >= 11 is 1.62. The molecule has 2 amide bonds. The van der Waals surface area contributed by atoms with Crippen molar-refractivity contribution in [2.75, 3.05) is 47.6 Å². The molecule has 0 aliphatic heterocycles. The molecule has 0 spiro atoms. The lowest BCUT2D eigenvalue weighted by Gasteiger charge is -2.27. The minimum Gasteiger partial charge on any atom is -0.493 e. The zero-order valence-corrected chi connectivity index (χ0v) is 20.3. The number of methoxy groups -OCH3 is 3. The Hall–Kier alpha value is -2.58. The minimum atomic E-state index is -0.0700. The number of hydrogen-bond donors (Lipinski definition) is 0. The van der Waals surface area contributed by atoms with Crippen molar-refractivity contribution in [1.82, 2.24) is 9.80 Å². The first-order valence-corrected chi connectivity index (χ1v) is 11.7. The number of hydrogen-bond acceptors (Lipinski definition) is 6. The molecule has 0 saturated heterocycles. The second-order valence-corrected chi connectivity index (χ2v) is 8.42. The van der Waals surface area contributed by atoms with Gasteiger partial charge < -0.3 is 24.0 Å². The van der Waals surface area contributed by atoms with E-state index in [9.17, 15) is 9.59 Å². The van der Waals surface area contributed by atoms with Crippen LogP contribution in [0.25, 0.3) is 0 Å². The molecule has 2 rings (SSSR count). The molecule has 0 bridgehead atoms. The molecule has 176 valence electrons. The number of carbonyl (C=O) groups is 2. The third-order valence-electron chi connectivity index (χ3n) is 5.11. The SMILES string of the molecule is CCCC(=O)N(CCOC)CC(=O)N(CCc1ccc(OC)c(OC)c1)Cc1cccs1. The lowest BCUT2D eigenvalue weighted by Crippen LogP contribution is -2.44. The maximum atomic E-state index is 13.2. The lowest BCUT2D eigenvalue weighted by molar-refractivity contribution is -0.141. The smallest absolute Gasteiger partial charge is 0.242 e. The quantitative estimate of drug-likeness (QED) is 0.429. The number of benzene rings is 1. The molecule has 1 aromatic heterocycles. The average Bonchev–Trinajstić information content (AvgIpc) is 3.32. The first-order valence-electron chi connectivity index (χ1n) is 10.8. The molecule has 1 heterocycles. The Morgan fingerprint density at radius 3 is 2.38 bits per heavy atom. The highest BCUT2D eigenvalue weighted by molar-refractivity contribution is 7.09. The van der Waals surface area contributed by atoms with Crippen LogP contribution < -0.4 is 9.47 Å². The van der Waals surface area contributed by atoms with Crippen molar-refractivity contribution in [1.29, 1.82) is 0 Å². The Bertz CT molecular complexity index is 841. The van der Waals surface area contributed by atoms with E-state index in [0.29, 0.717) is 50.6 Å². The maximum absolute atomic E-state index is 13.2. The molecule has 32 heavy (non-hydrogen) atoms. The minimum absolute atomic E-state index is 0.0196. The van der Waals surface area contributed by atoms with E-state index in [1.807, 2.05) is 47.5 Å². The fourth-order valence-corrected chi connectivity index (χ4v) is 4.03. The highest BCUT2D eigenvalue weighted by atomic mass is 32.1. The summed E-state index contributed by atoms with van der Waals surface area (Å²) in [6, 6.07) is 9.78. The van der Waals surface area contributed by atoms with Gasteiger partial charge in [0.05, 0.1) is 33.9 Å². The monoisotopic (exact) mass is 462 g/mol. The van der Waals surface area contributed by atoms with Gasteiger partial charge in [0.15, 0.2) is 11.5 Å². The molecule has 0 N–H and O–H groups in total. The fraction of sp³-hybridized carbons (Fsp3) is 0.500. The number of carbonyl (C=O) groups excluding carboxylic acids is 2. The molecule has 0 aliphatic rings. The Morgan fingerprint density at radius 2 is 1.75 bits per heavy atom. The van der Waals surface area contributed by atoms with Gasteiger partial charge in [0.25, 0.3) is 0 Å². The summed E-state index contributed by atoms with van der Waals surface area (Å²) in [5, 5.41) is 2.00. The molecule has 8 heteroatoms. The van der Waals surface area contributed by atoms with Gasteiger partial charge in [0.2, 0.25) is 11.8 Å². The van der Waals surface area contributed by atoms with E-state index < -0.39 is 0 Å². The summed E-state index contributed by atoms with van der Waals surface area (Å²) in [6.45, 7) is 3.87. The third kappa shape index (κ3) is 7.84. The average molecular weight is 463 g/mol. The predicted octanol–water partition coefficient (Wildman–Crippen LogP) is 3.61. The normalized spacial score (nSPS) is 10.6. The van der Waals surface area contributed by atoms with Crippen molar-refractivity contribution in [3.63, 3.8) is 0 Å². The van der Waals surface area contributed by atoms with Crippen LogP contribution in [0.3, 0.4) is 0 Å². The molecule has 0 fully saturated rings. The van der Waals surface area contributed by atoms with E-state index in [0.717, 1.165) is 16.9 Å². The van der Waals surface area contributed by atoms with Crippen molar-refractivity contribution in [3.05, 3.63) is 46.2 Å². The fourth-order valence-electron chi connectivity index (χ4n) is 3.31. The van der Waals surface area contributed by atoms with Crippen LogP contribution in [-0.4, -0.2) is 69.2 Å². The highest BCUT2D eigenvalue weighted by Crippen LogP contribution is 2.27. The van der Waals surface area contributed by atoms with Gasteiger partial charge >= 0.3 is 0 Å². The maximum Gasteiger partial charge on any atom is 0.242 e. The first-order chi connectivity index (χ1) is 15.5. The Kier molecular flexibility index (Phi) is 11.0. The van der Waals surface area contributed by atoms with Crippen LogP contribution in [0.2, 0.25) is 0 Å². The van der Waals surface area contributed by atoms with Crippen LogP contribution >= 0.6 is 11.3 Å². The Morgan fingerprint density at radius 1 is 0.969 bits per heavy atom. The van der Waals surface area contributed by atoms with Gasteiger partial charge in [-0.2, -0.15) is 0 Å². The van der Waals surface area contributed by atoms with E-state index in [2.05, 4.69) is 0 Å². The van der Waals surface area contributed by atoms with E-state index in [1.54, 1.807) is 37.6 Å². The zero-order valence-electron chi connectivity index (χ0n) is 19.5. The number of ether oxygens (including phenoxy) is 3. The van der Waals surface area contributed by atoms with Crippen LogP contribution in [0.5, 0.6) is 11.5 Å². The van der Waals surface area contributed by atoms with Gasteiger partial charge in [-0.05, 0) is 42.0 Å². The summed E-state index contributed by atoms with van der Waals surface area (Å²) in [5.74, 6) is 1.25. The molecule has 1 aromatic carbocycles. The predicted molar refractivity (Wildman–Crippen MR) is 126 cm³/mol. The molecular weight excluding hydrogens is 428 g/mol. The summed E-state index contributed by atoms with van der Waals surface area (Å²) in [5.41, 5.74) is 1.05. The molecule has 0 aliphatic carbocycles. The van der Waals surface area contributed by atoms with Crippen LogP contribution in [0, 0.1) is 0 Å². The zero-order chi connectivity index (χ0) is 23.3. The van der Waals surface area contributed by atoms with E-state index in [-0.39, 0.29) is 18.4 Å².